The Labute approximate surface area is 376 Å². The minimum atomic E-state index is -0.305. The summed E-state index contributed by atoms with van der Waals surface area (Å²) in [5, 5.41) is 15.9. The van der Waals surface area contributed by atoms with Gasteiger partial charge in [0.15, 0.2) is 0 Å². The topological polar surface area (TPSA) is 63.0 Å². The lowest BCUT2D eigenvalue weighted by Gasteiger charge is -2.28. The number of phenolic OH excluding ortho intramolecular Hbond substituents is 1. The highest BCUT2D eigenvalue weighted by Crippen LogP contribution is 2.45. The van der Waals surface area contributed by atoms with Gasteiger partial charge in [0.25, 0.3) is 0 Å². The van der Waals surface area contributed by atoms with Crippen LogP contribution in [0.1, 0.15) is 124 Å². The quantitative estimate of drug-likeness (QED) is 0.142. The molecule has 0 aliphatic carbocycles. The van der Waals surface area contributed by atoms with Crippen LogP contribution < -0.4 is 5.32 Å². The van der Waals surface area contributed by atoms with Gasteiger partial charge in [0.1, 0.15) is 11.6 Å². The predicted molar refractivity (Wildman–Crippen MR) is 269 cm³/mol. The normalized spacial score (nSPS) is 13.0. The molecule has 7 rings (SSSR count). The van der Waals surface area contributed by atoms with Gasteiger partial charge in [-0.15, -0.1) is 0 Å². The van der Waals surface area contributed by atoms with Crippen molar-refractivity contribution in [2.45, 2.75) is 118 Å². The van der Waals surface area contributed by atoms with E-state index in [1.165, 1.54) is 11.1 Å². The van der Waals surface area contributed by atoms with Crippen molar-refractivity contribution in [1.29, 1.82) is 0 Å². The summed E-state index contributed by atoms with van der Waals surface area (Å²) in [5.74, 6) is 0.984. The van der Waals surface area contributed by atoms with Gasteiger partial charge in [-0.1, -0.05) is 163 Å². The summed E-state index contributed by atoms with van der Waals surface area (Å²) in [4.78, 5) is 10.5. The Balaban J connectivity index is 1.46. The van der Waals surface area contributed by atoms with Gasteiger partial charge >= 0.3 is 0 Å². The Hall–Kier alpha value is -6.20. The molecule has 0 fully saturated rings. The Morgan fingerprint density at radius 1 is 0.635 bits per heavy atom. The van der Waals surface area contributed by atoms with Crippen molar-refractivity contribution in [3.05, 3.63) is 168 Å². The van der Waals surface area contributed by atoms with E-state index < -0.39 is 0 Å². The number of hydrogen-bond donors (Lipinski definition) is 2. The van der Waals surface area contributed by atoms with Gasteiger partial charge in [-0.3, -0.25) is 9.55 Å². The fourth-order valence-corrected chi connectivity index (χ4v) is 7.97. The lowest BCUT2D eigenvalue weighted by atomic mass is 9.78. The Bertz CT molecular complexity index is 2800. The Morgan fingerprint density at radius 2 is 1.27 bits per heavy atom. The molecule has 2 aromatic heterocycles. The number of rotatable bonds is 9. The van der Waals surface area contributed by atoms with Crippen LogP contribution in [0.2, 0.25) is 0 Å². The first kappa shape index (κ1) is 44.8. The summed E-state index contributed by atoms with van der Waals surface area (Å²) in [7, 11) is 0. The van der Waals surface area contributed by atoms with Crippen LogP contribution in [0.25, 0.3) is 56.1 Å². The highest BCUT2D eigenvalue weighted by molar-refractivity contribution is 5.97. The van der Waals surface area contributed by atoms with Crippen LogP contribution in [-0.4, -0.2) is 19.6 Å². The molecule has 2 heterocycles. The number of aromatic nitrogens is 3. The van der Waals surface area contributed by atoms with Crippen molar-refractivity contribution >= 4 is 22.3 Å². The van der Waals surface area contributed by atoms with Gasteiger partial charge in [0, 0.05) is 40.5 Å². The smallest absolute Gasteiger partial charge is 0.149 e. The minimum absolute atomic E-state index is 0.0988. The molecular weight excluding hydrogens is 769 g/mol. The lowest BCUT2D eigenvalue weighted by molar-refractivity contribution is 0.446. The number of nitrogens with one attached hydrogen (secondary N) is 1. The van der Waals surface area contributed by atoms with Crippen LogP contribution in [0.4, 0.5) is 5.69 Å². The van der Waals surface area contributed by atoms with E-state index in [2.05, 4.69) is 215 Å². The highest BCUT2D eigenvalue weighted by atomic mass is 16.3. The molecule has 2 N–H and O–H groups in total. The first-order chi connectivity index (χ1) is 29.6. The van der Waals surface area contributed by atoms with Crippen LogP contribution in [0, 0.1) is 0 Å². The molecular formula is C58H66N4O. The summed E-state index contributed by atoms with van der Waals surface area (Å²) >= 11 is 0. The molecule has 324 valence electrons. The van der Waals surface area contributed by atoms with Crippen molar-refractivity contribution in [2.24, 2.45) is 0 Å². The molecule has 0 atom stereocenters. The fourth-order valence-electron chi connectivity index (χ4n) is 7.97. The minimum Gasteiger partial charge on any atom is -0.507 e. The standard InChI is InChI=1S/C58H66N4O/c1-14-15-21-41(37-60-45-24-17-16-18-25-45)38-28-29-59-50(31-38)40-23-19-22-39(30-40)47-26-20-27-51-52(47)61-54(48-35-44(57(8,9)10)36-49(53(48)63)58(11,12)13)62(51)46-33-42(55(2,3)4)32-43(34-46)56(5,6)7/h15-37,60,63H,14H2,1-13H3/b21-15+,41-37-. The molecule has 0 bridgehead atoms. The van der Waals surface area contributed by atoms with Crippen molar-refractivity contribution < 1.29 is 5.11 Å². The van der Waals surface area contributed by atoms with Crippen molar-refractivity contribution in [3.63, 3.8) is 0 Å². The number of para-hydroxylation sites is 2. The molecule has 0 amide bonds. The maximum Gasteiger partial charge on any atom is 0.149 e. The maximum absolute atomic E-state index is 12.4. The second-order valence-electron chi connectivity index (χ2n) is 21.1. The van der Waals surface area contributed by atoms with Crippen LogP contribution in [0.5, 0.6) is 5.75 Å². The number of anilines is 1. The first-order valence-electron chi connectivity index (χ1n) is 22.5. The molecule has 5 nitrogen and oxygen atoms in total. The third kappa shape index (κ3) is 9.74. The molecule has 5 heteroatoms. The van der Waals surface area contributed by atoms with Gasteiger partial charge in [0.2, 0.25) is 0 Å². The number of imidazole rings is 1. The second kappa shape index (κ2) is 17.2. The third-order valence-electron chi connectivity index (χ3n) is 11.9. The van der Waals surface area contributed by atoms with Gasteiger partial charge in [-0.2, -0.15) is 0 Å². The number of nitrogens with zero attached hydrogens (tertiary/aromatic N) is 3. The number of allylic oxidation sites excluding steroid dienone is 3. The number of pyridine rings is 1. The van der Waals surface area contributed by atoms with Crippen LogP contribution in [0.15, 0.2) is 140 Å². The zero-order valence-electron chi connectivity index (χ0n) is 39.8. The highest BCUT2D eigenvalue weighted by Gasteiger charge is 2.30. The lowest BCUT2D eigenvalue weighted by Crippen LogP contribution is -2.18. The van der Waals surface area contributed by atoms with E-state index in [0.29, 0.717) is 5.82 Å². The number of benzene rings is 5. The summed E-state index contributed by atoms with van der Waals surface area (Å²) in [6, 6.07) is 40.9. The number of aromatic hydroxyl groups is 1. The van der Waals surface area contributed by atoms with E-state index in [1.54, 1.807) is 0 Å². The SMILES string of the molecule is CC/C=C/C(=C/Nc1ccccc1)c1ccnc(-c2cccc(-c3cccc4c3nc(-c3cc(C(C)(C)C)cc(C(C)(C)C)c3O)n4-c3cc(C(C)(C)C)cc(C(C)(C)C)c3)c2)c1. The van der Waals surface area contributed by atoms with E-state index >= 15 is 0 Å². The molecule has 0 radical (unpaired) electrons. The summed E-state index contributed by atoms with van der Waals surface area (Å²) < 4.78 is 2.29. The monoisotopic (exact) mass is 835 g/mol. The molecule has 0 spiro atoms. The van der Waals surface area contributed by atoms with Crippen LogP contribution in [-0.2, 0) is 21.7 Å². The number of hydrogen-bond acceptors (Lipinski definition) is 4. The van der Waals surface area contributed by atoms with Crippen molar-refractivity contribution in [3.8, 4) is 45.2 Å². The maximum atomic E-state index is 12.4. The average Bonchev–Trinajstić information content (AvgIpc) is 3.62. The van der Waals surface area contributed by atoms with Crippen LogP contribution >= 0.6 is 0 Å². The number of phenols is 1. The average molecular weight is 835 g/mol. The van der Waals surface area contributed by atoms with Gasteiger partial charge < -0.3 is 10.4 Å². The van der Waals surface area contributed by atoms with E-state index in [-0.39, 0.29) is 27.4 Å². The fraction of sp³-hybridized carbons (Fsp3) is 0.310. The van der Waals surface area contributed by atoms with Crippen LogP contribution in [0.3, 0.4) is 0 Å². The molecule has 0 aliphatic rings. The summed E-state index contributed by atoms with van der Waals surface area (Å²) in [5.41, 5.74) is 14.6. The summed E-state index contributed by atoms with van der Waals surface area (Å²) in [6.07, 6.45) is 9.24. The molecule has 0 aliphatic heterocycles. The third-order valence-corrected chi connectivity index (χ3v) is 11.9. The molecule has 0 saturated carbocycles. The summed E-state index contributed by atoms with van der Waals surface area (Å²) in [6.45, 7) is 29.0. The molecule has 63 heavy (non-hydrogen) atoms. The first-order valence-corrected chi connectivity index (χ1v) is 22.5. The van der Waals surface area contributed by atoms with E-state index in [9.17, 15) is 5.11 Å². The zero-order valence-corrected chi connectivity index (χ0v) is 39.8. The van der Waals surface area contributed by atoms with Gasteiger partial charge in [0.05, 0.1) is 22.3 Å². The predicted octanol–water partition coefficient (Wildman–Crippen LogP) is 15.7. The van der Waals surface area contributed by atoms with E-state index in [4.69, 9.17) is 9.97 Å². The van der Waals surface area contributed by atoms with Gasteiger partial charge in [-0.25, -0.2) is 4.98 Å². The van der Waals surface area contributed by atoms with E-state index in [0.717, 1.165) is 79.0 Å². The molecule has 0 unspecified atom stereocenters. The second-order valence-corrected chi connectivity index (χ2v) is 21.1. The Morgan fingerprint density at radius 3 is 1.90 bits per heavy atom. The molecule has 5 aromatic carbocycles. The van der Waals surface area contributed by atoms with Gasteiger partial charge in [-0.05, 0) is 116 Å². The largest absolute Gasteiger partial charge is 0.507 e. The molecule has 7 aromatic rings. The Kier molecular flexibility index (Phi) is 12.2. The molecule has 0 saturated heterocycles. The van der Waals surface area contributed by atoms with Crippen molar-refractivity contribution in [1.82, 2.24) is 14.5 Å². The zero-order chi connectivity index (χ0) is 45.5. The number of fused-ring (bicyclic) bond motifs is 1. The van der Waals surface area contributed by atoms with E-state index in [1.807, 2.05) is 24.4 Å². The van der Waals surface area contributed by atoms with Crippen molar-refractivity contribution in [2.75, 3.05) is 5.32 Å².